The molecule has 0 aromatic heterocycles. The molecule has 0 atom stereocenters. The summed E-state index contributed by atoms with van der Waals surface area (Å²) in [6, 6.07) is 0. The summed E-state index contributed by atoms with van der Waals surface area (Å²) >= 11 is 0. The molecule has 3 N–H and O–H groups in total. The standard InChI is InChI=1S/C4H9NO/c1-4(2-5)3-6/h2,6H,3,5H2,1H3/b4-2-. The van der Waals surface area contributed by atoms with Crippen LogP contribution in [0.15, 0.2) is 11.8 Å². The van der Waals surface area contributed by atoms with Crippen molar-refractivity contribution in [1.82, 2.24) is 0 Å². The van der Waals surface area contributed by atoms with Crippen molar-refractivity contribution in [2.75, 3.05) is 6.61 Å². The predicted molar refractivity (Wildman–Crippen MR) is 25.0 cm³/mol. The van der Waals surface area contributed by atoms with Crippen molar-refractivity contribution in [2.24, 2.45) is 5.73 Å². The average Bonchev–Trinajstić information content (AvgIpc) is 1.65. The maximum absolute atomic E-state index is 8.19. The molecule has 0 bridgehead atoms. The fourth-order valence-electron chi connectivity index (χ4n) is 0.0527. The van der Waals surface area contributed by atoms with Gasteiger partial charge in [-0.1, -0.05) is 0 Å². The molecule has 0 radical (unpaired) electrons. The second-order valence-corrected chi connectivity index (χ2v) is 1.17. The smallest absolute Gasteiger partial charge is 0.0655 e. The molecular weight excluding hydrogens is 78.0 g/mol. The molecule has 0 heterocycles. The molecule has 0 aromatic rings. The van der Waals surface area contributed by atoms with Crippen LogP contribution in [0.5, 0.6) is 0 Å². The Balaban J connectivity index is 3.22. The number of nitrogens with two attached hydrogens (primary N) is 1. The van der Waals surface area contributed by atoms with Gasteiger partial charge in [0.2, 0.25) is 0 Å². The van der Waals surface area contributed by atoms with Crippen molar-refractivity contribution >= 4 is 0 Å². The average molecular weight is 87.1 g/mol. The SMILES string of the molecule is C/C(=C/N)CO. The molecular formula is C4H9NO. The third-order valence-electron chi connectivity index (χ3n) is 0.534. The number of aliphatic hydroxyl groups is 1. The quantitative estimate of drug-likeness (QED) is 0.467. The minimum atomic E-state index is 0.0660. The number of hydrogen-bond donors (Lipinski definition) is 2. The molecule has 0 rings (SSSR count). The van der Waals surface area contributed by atoms with Crippen LogP contribution >= 0.6 is 0 Å². The minimum Gasteiger partial charge on any atom is -0.405 e. The first-order valence-electron chi connectivity index (χ1n) is 1.79. The predicted octanol–water partition coefficient (Wildman–Crippen LogP) is -0.159. The van der Waals surface area contributed by atoms with Gasteiger partial charge >= 0.3 is 0 Å². The Labute approximate surface area is 37.3 Å². The highest BCUT2D eigenvalue weighted by atomic mass is 16.3. The van der Waals surface area contributed by atoms with Gasteiger partial charge in [0.15, 0.2) is 0 Å². The third-order valence-corrected chi connectivity index (χ3v) is 0.534. The van der Waals surface area contributed by atoms with Gasteiger partial charge < -0.3 is 10.8 Å². The van der Waals surface area contributed by atoms with Crippen LogP contribution in [0.1, 0.15) is 6.92 Å². The van der Waals surface area contributed by atoms with Gasteiger partial charge in [0.05, 0.1) is 6.61 Å². The molecule has 2 heteroatoms. The monoisotopic (exact) mass is 87.1 g/mol. The lowest BCUT2D eigenvalue weighted by Gasteiger charge is -1.84. The zero-order valence-corrected chi connectivity index (χ0v) is 3.81. The summed E-state index contributed by atoms with van der Waals surface area (Å²) in [7, 11) is 0. The number of hydrogen-bond acceptors (Lipinski definition) is 2. The summed E-state index contributed by atoms with van der Waals surface area (Å²) in [5.41, 5.74) is 5.76. The van der Waals surface area contributed by atoms with Gasteiger partial charge in [-0.2, -0.15) is 0 Å². The molecule has 0 unspecified atom stereocenters. The zero-order valence-electron chi connectivity index (χ0n) is 3.81. The molecule has 2 nitrogen and oxygen atoms in total. The first-order valence-corrected chi connectivity index (χ1v) is 1.79. The van der Waals surface area contributed by atoms with E-state index in [9.17, 15) is 0 Å². The summed E-state index contributed by atoms with van der Waals surface area (Å²) < 4.78 is 0. The zero-order chi connectivity index (χ0) is 4.99. The Hall–Kier alpha value is -0.500. The van der Waals surface area contributed by atoms with E-state index in [0.29, 0.717) is 0 Å². The Bertz CT molecular complexity index is 58.6. The van der Waals surface area contributed by atoms with Gasteiger partial charge in [0.25, 0.3) is 0 Å². The Morgan fingerprint density at radius 3 is 2.50 bits per heavy atom. The number of aliphatic hydroxyl groups excluding tert-OH is 1. The van der Waals surface area contributed by atoms with E-state index in [-0.39, 0.29) is 6.61 Å². The Morgan fingerprint density at radius 2 is 2.50 bits per heavy atom. The first-order chi connectivity index (χ1) is 2.81. The van der Waals surface area contributed by atoms with Gasteiger partial charge in [0.1, 0.15) is 0 Å². The van der Waals surface area contributed by atoms with Gasteiger partial charge in [-0.15, -0.1) is 0 Å². The lowest BCUT2D eigenvalue weighted by molar-refractivity contribution is 0.331. The van der Waals surface area contributed by atoms with Crippen LogP contribution in [0.2, 0.25) is 0 Å². The van der Waals surface area contributed by atoms with Crippen molar-refractivity contribution in [2.45, 2.75) is 6.92 Å². The molecule has 0 aliphatic carbocycles. The van der Waals surface area contributed by atoms with Crippen LogP contribution in [0.3, 0.4) is 0 Å². The fraction of sp³-hybridized carbons (Fsp3) is 0.500. The van der Waals surface area contributed by atoms with Crippen LogP contribution < -0.4 is 5.73 Å². The first kappa shape index (κ1) is 5.50. The Kier molecular flexibility index (Phi) is 2.50. The van der Waals surface area contributed by atoms with E-state index < -0.39 is 0 Å². The molecule has 0 aliphatic heterocycles. The van der Waals surface area contributed by atoms with Crippen molar-refractivity contribution in [3.05, 3.63) is 11.8 Å². The minimum absolute atomic E-state index is 0.0660. The van der Waals surface area contributed by atoms with Gasteiger partial charge in [-0.3, -0.25) is 0 Å². The van der Waals surface area contributed by atoms with Crippen molar-refractivity contribution in [1.29, 1.82) is 0 Å². The number of rotatable bonds is 1. The van der Waals surface area contributed by atoms with E-state index in [1.165, 1.54) is 6.20 Å². The lowest BCUT2D eigenvalue weighted by atomic mass is 10.4. The molecule has 0 spiro atoms. The Morgan fingerprint density at radius 1 is 2.00 bits per heavy atom. The van der Waals surface area contributed by atoms with E-state index in [0.717, 1.165) is 5.57 Å². The van der Waals surface area contributed by atoms with E-state index in [2.05, 4.69) is 0 Å². The van der Waals surface area contributed by atoms with Crippen LogP contribution in [-0.2, 0) is 0 Å². The normalized spacial score (nSPS) is 12.0. The fourth-order valence-corrected chi connectivity index (χ4v) is 0.0527. The highest BCUT2D eigenvalue weighted by Crippen LogP contribution is 1.80. The molecule has 6 heavy (non-hydrogen) atoms. The van der Waals surface area contributed by atoms with E-state index >= 15 is 0 Å². The van der Waals surface area contributed by atoms with Gasteiger partial charge in [0, 0.05) is 0 Å². The molecule has 36 valence electrons. The summed E-state index contributed by atoms with van der Waals surface area (Å²) in [5.74, 6) is 0. The van der Waals surface area contributed by atoms with E-state index in [1.54, 1.807) is 6.92 Å². The van der Waals surface area contributed by atoms with E-state index in [4.69, 9.17) is 10.8 Å². The van der Waals surface area contributed by atoms with Crippen LogP contribution in [-0.4, -0.2) is 11.7 Å². The summed E-state index contributed by atoms with van der Waals surface area (Å²) in [5, 5.41) is 8.19. The largest absolute Gasteiger partial charge is 0.405 e. The molecule has 0 saturated heterocycles. The van der Waals surface area contributed by atoms with Crippen molar-refractivity contribution in [3.63, 3.8) is 0 Å². The van der Waals surface area contributed by atoms with Gasteiger partial charge in [-0.25, -0.2) is 0 Å². The molecule has 0 saturated carbocycles. The van der Waals surface area contributed by atoms with Crippen LogP contribution in [0.4, 0.5) is 0 Å². The summed E-state index contributed by atoms with van der Waals surface area (Å²) in [4.78, 5) is 0. The highest BCUT2D eigenvalue weighted by molar-refractivity contribution is 4.93. The second kappa shape index (κ2) is 2.72. The second-order valence-electron chi connectivity index (χ2n) is 1.17. The topological polar surface area (TPSA) is 46.2 Å². The molecule has 0 aliphatic rings. The summed E-state index contributed by atoms with van der Waals surface area (Å²) in [6.45, 7) is 1.83. The van der Waals surface area contributed by atoms with E-state index in [1.807, 2.05) is 0 Å². The maximum Gasteiger partial charge on any atom is 0.0655 e. The van der Waals surface area contributed by atoms with Gasteiger partial charge in [-0.05, 0) is 18.7 Å². The van der Waals surface area contributed by atoms with Crippen LogP contribution in [0, 0.1) is 0 Å². The van der Waals surface area contributed by atoms with Crippen molar-refractivity contribution in [3.8, 4) is 0 Å². The lowest BCUT2D eigenvalue weighted by Crippen LogP contribution is -1.88. The summed E-state index contributed by atoms with van der Waals surface area (Å²) in [6.07, 6.45) is 1.39. The molecule has 0 aromatic carbocycles. The maximum atomic E-state index is 8.19. The van der Waals surface area contributed by atoms with Crippen LogP contribution in [0.25, 0.3) is 0 Å². The third kappa shape index (κ3) is 1.79. The van der Waals surface area contributed by atoms with Crippen molar-refractivity contribution < 1.29 is 5.11 Å². The molecule has 0 fully saturated rings. The highest BCUT2D eigenvalue weighted by Gasteiger charge is 1.75. The molecule has 0 amide bonds.